The van der Waals surface area contributed by atoms with Crippen LogP contribution in [-0.4, -0.2) is 99.6 Å². The number of nitrogens with zero attached hydrogens (tertiary/aromatic N) is 4. The molecule has 0 aromatic heterocycles. The number of hydrogen-bond donors (Lipinski definition) is 0. The van der Waals surface area contributed by atoms with Crippen LogP contribution in [0, 0.1) is 5.82 Å². The first-order chi connectivity index (χ1) is 21.4. The molecule has 10 nitrogen and oxygen atoms in total. The van der Waals surface area contributed by atoms with Gasteiger partial charge in [0.15, 0.2) is 0 Å². The van der Waals surface area contributed by atoms with Crippen molar-refractivity contribution in [2.45, 2.75) is 12.5 Å². The standard InChI is InChI=1S/C33H37FN4O6/c1-41-26-9-7-23(8-10-26)29-21-30(28-20-27(42-2)11-12-31(28)43-3)38(35-29)32(39)22-37(14-13-36-15-17-44-18-16-36)33(40)24-5-4-6-25(34)19-24/h4-12,19-20,30H,13-18,21-22H2,1-3H3. The van der Waals surface area contributed by atoms with Gasteiger partial charge in [-0.15, -0.1) is 0 Å². The van der Waals surface area contributed by atoms with E-state index in [0.29, 0.717) is 49.1 Å². The summed E-state index contributed by atoms with van der Waals surface area (Å²) in [6, 6.07) is 17.9. The molecule has 11 heteroatoms. The predicted octanol–water partition coefficient (Wildman–Crippen LogP) is 4.00. The van der Waals surface area contributed by atoms with Crippen molar-refractivity contribution in [2.24, 2.45) is 5.10 Å². The fraction of sp³-hybridized carbons (Fsp3) is 0.364. The molecule has 1 fully saturated rings. The maximum absolute atomic E-state index is 14.1. The zero-order valence-electron chi connectivity index (χ0n) is 25.2. The first-order valence-corrected chi connectivity index (χ1v) is 14.5. The third-order valence-corrected chi connectivity index (χ3v) is 7.86. The number of halogens is 1. The van der Waals surface area contributed by atoms with Crippen LogP contribution in [0.25, 0.3) is 0 Å². The summed E-state index contributed by atoms with van der Waals surface area (Å²) in [6.45, 7) is 3.25. The largest absolute Gasteiger partial charge is 0.497 e. The monoisotopic (exact) mass is 604 g/mol. The van der Waals surface area contributed by atoms with Gasteiger partial charge in [-0.05, 0) is 66.2 Å². The lowest BCUT2D eigenvalue weighted by Gasteiger charge is -2.31. The normalized spacial score (nSPS) is 16.8. The van der Waals surface area contributed by atoms with Gasteiger partial charge in [0.1, 0.15) is 29.6 Å². The Morgan fingerprint density at radius 2 is 1.68 bits per heavy atom. The molecule has 3 aromatic rings. The molecular formula is C33H37FN4O6. The lowest BCUT2D eigenvalue weighted by Crippen LogP contribution is -2.46. The minimum absolute atomic E-state index is 0.176. The third-order valence-electron chi connectivity index (χ3n) is 7.86. The van der Waals surface area contributed by atoms with Crippen LogP contribution < -0.4 is 14.2 Å². The Hall–Kier alpha value is -4.48. The van der Waals surface area contributed by atoms with Gasteiger partial charge in [-0.2, -0.15) is 5.10 Å². The maximum Gasteiger partial charge on any atom is 0.262 e. The summed E-state index contributed by atoms with van der Waals surface area (Å²) >= 11 is 0. The number of rotatable bonds is 11. The molecule has 1 atom stereocenters. The zero-order valence-corrected chi connectivity index (χ0v) is 25.2. The molecule has 2 heterocycles. The second-order valence-electron chi connectivity index (χ2n) is 10.5. The molecule has 0 aliphatic carbocycles. The molecule has 2 aliphatic heterocycles. The summed E-state index contributed by atoms with van der Waals surface area (Å²) < 4.78 is 36.0. The second kappa shape index (κ2) is 14.3. The highest BCUT2D eigenvalue weighted by Gasteiger charge is 2.36. The van der Waals surface area contributed by atoms with Crippen molar-refractivity contribution in [3.8, 4) is 17.2 Å². The summed E-state index contributed by atoms with van der Waals surface area (Å²) in [5, 5.41) is 6.22. The molecule has 1 unspecified atom stereocenters. The van der Waals surface area contributed by atoms with Crippen LogP contribution in [0.4, 0.5) is 4.39 Å². The first-order valence-electron chi connectivity index (χ1n) is 14.5. The fourth-order valence-electron chi connectivity index (χ4n) is 5.42. The molecule has 0 N–H and O–H groups in total. The summed E-state index contributed by atoms with van der Waals surface area (Å²) in [4.78, 5) is 31.5. The molecule has 2 aliphatic rings. The van der Waals surface area contributed by atoms with Crippen molar-refractivity contribution < 1.29 is 32.9 Å². The van der Waals surface area contributed by atoms with Crippen molar-refractivity contribution in [1.29, 1.82) is 0 Å². The Kier molecular flexibility index (Phi) is 10.1. The SMILES string of the molecule is COc1ccc(C2=NN(C(=O)CN(CCN3CCOCC3)C(=O)c3cccc(F)c3)C(c3cc(OC)ccc3OC)C2)cc1. The van der Waals surface area contributed by atoms with Crippen LogP contribution in [0.15, 0.2) is 71.8 Å². The number of hydrazone groups is 1. The Bertz CT molecular complexity index is 1490. The van der Waals surface area contributed by atoms with E-state index in [1.807, 2.05) is 30.3 Å². The third kappa shape index (κ3) is 7.17. The average molecular weight is 605 g/mol. The zero-order chi connectivity index (χ0) is 31.1. The number of morpholine rings is 1. The summed E-state index contributed by atoms with van der Waals surface area (Å²) in [5.74, 6) is 0.571. The molecular weight excluding hydrogens is 567 g/mol. The molecule has 232 valence electrons. The van der Waals surface area contributed by atoms with E-state index in [9.17, 15) is 14.0 Å². The van der Waals surface area contributed by atoms with Gasteiger partial charge in [-0.3, -0.25) is 14.5 Å². The van der Waals surface area contributed by atoms with Gasteiger partial charge in [0.25, 0.3) is 11.8 Å². The summed E-state index contributed by atoms with van der Waals surface area (Å²) in [6.07, 6.45) is 0.410. The molecule has 0 saturated carbocycles. The Labute approximate surface area is 256 Å². The van der Waals surface area contributed by atoms with Gasteiger partial charge < -0.3 is 23.8 Å². The lowest BCUT2D eigenvalue weighted by molar-refractivity contribution is -0.133. The smallest absolute Gasteiger partial charge is 0.262 e. The minimum Gasteiger partial charge on any atom is -0.497 e. The molecule has 3 aromatic carbocycles. The van der Waals surface area contributed by atoms with Crippen LogP contribution >= 0.6 is 0 Å². The maximum atomic E-state index is 14.1. The van der Waals surface area contributed by atoms with E-state index in [4.69, 9.17) is 24.0 Å². The van der Waals surface area contributed by atoms with Crippen molar-refractivity contribution in [2.75, 3.05) is 67.3 Å². The van der Waals surface area contributed by atoms with Gasteiger partial charge in [-0.1, -0.05) is 6.07 Å². The number of benzene rings is 3. The van der Waals surface area contributed by atoms with Crippen molar-refractivity contribution in [3.63, 3.8) is 0 Å². The van der Waals surface area contributed by atoms with Crippen molar-refractivity contribution in [1.82, 2.24) is 14.8 Å². The highest BCUT2D eigenvalue weighted by Crippen LogP contribution is 2.39. The lowest BCUT2D eigenvalue weighted by atomic mass is 9.97. The van der Waals surface area contributed by atoms with Gasteiger partial charge >= 0.3 is 0 Å². The van der Waals surface area contributed by atoms with E-state index < -0.39 is 17.8 Å². The molecule has 44 heavy (non-hydrogen) atoms. The molecule has 0 bridgehead atoms. The number of carbonyl (C=O) groups excluding carboxylic acids is 2. The van der Waals surface area contributed by atoms with E-state index in [-0.39, 0.29) is 24.6 Å². The second-order valence-corrected chi connectivity index (χ2v) is 10.5. The van der Waals surface area contributed by atoms with Gasteiger partial charge in [0.2, 0.25) is 0 Å². The van der Waals surface area contributed by atoms with Crippen LogP contribution in [0.5, 0.6) is 17.2 Å². The molecule has 0 spiro atoms. The fourth-order valence-corrected chi connectivity index (χ4v) is 5.42. The average Bonchev–Trinajstić information content (AvgIpc) is 3.52. The Morgan fingerprint density at radius 1 is 0.955 bits per heavy atom. The number of carbonyl (C=O) groups is 2. The summed E-state index contributed by atoms with van der Waals surface area (Å²) in [5.41, 5.74) is 2.44. The number of amides is 2. The van der Waals surface area contributed by atoms with E-state index in [2.05, 4.69) is 4.90 Å². The minimum atomic E-state index is -0.520. The highest BCUT2D eigenvalue weighted by atomic mass is 19.1. The first kappa shape index (κ1) is 31.0. The molecule has 1 saturated heterocycles. The Balaban J connectivity index is 1.46. The topological polar surface area (TPSA) is 93.1 Å². The van der Waals surface area contributed by atoms with Crippen molar-refractivity contribution in [3.05, 3.63) is 89.2 Å². The van der Waals surface area contributed by atoms with Crippen LogP contribution in [-0.2, 0) is 9.53 Å². The molecule has 5 rings (SSSR count). The van der Waals surface area contributed by atoms with Gasteiger partial charge in [0.05, 0.1) is 46.3 Å². The predicted molar refractivity (Wildman–Crippen MR) is 163 cm³/mol. The number of hydrogen-bond acceptors (Lipinski definition) is 8. The quantitative estimate of drug-likeness (QED) is 0.327. The van der Waals surface area contributed by atoms with E-state index >= 15 is 0 Å². The van der Waals surface area contributed by atoms with Gasteiger partial charge in [-0.25, -0.2) is 9.40 Å². The van der Waals surface area contributed by atoms with E-state index in [1.54, 1.807) is 39.5 Å². The van der Waals surface area contributed by atoms with Gasteiger partial charge in [0, 0.05) is 43.7 Å². The van der Waals surface area contributed by atoms with E-state index in [0.717, 1.165) is 24.2 Å². The van der Waals surface area contributed by atoms with Crippen LogP contribution in [0.1, 0.15) is 33.9 Å². The van der Waals surface area contributed by atoms with Crippen LogP contribution in [0.2, 0.25) is 0 Å². The van der Waals surface area contributed by atoms with E-state index in [1.165, 1.54) is 28.1 Å². The summed E-state index contributed by atoms with van der Waals surface area (Å²) in [7, 11) is 4.75. The Morgan fingerprint density at radius 3 is 2.36 bits per heavy atom. The molecule has 2 amide bonds. The highest BCUT2D eigenvalue weighted by molar-refractivity contribution is 6.04. The molecule has 0 radical (unpaired) electrons. The van der Waals surface area contributed by atoms with Crippen LogP contribution in [0.3, 0.4) is 0 Å². The van der Waals surface area contributed by atoms with Crippen molar-refractivity contribution >= 4 is 17.5 Å². The number of methoxy groups -OCH3 is 3. The number of ether oxygens (including phenoxy) is 4.